The highest BCUT2D eigenvalue weighted by molar-refractivity contribution is 7.99. The van der Waals surface area contributed by atoms with Gasteiger partial charge in [0.1, 0.15) is 11.3 Å². The van der Waals surface area contributed by atoms with Crippen molar-refractivity contribution < 1.29 is 9.21 Å². The molecule has 0 saturated heterocycles. The van der Waals surface area contributed by atoms with E-state index in [4.69, 9.17) is 4.42 Å². The Morgan fingerprint density at radius 3 is 2.61 bits per heavy atom. The number of carbonyl (C=O) groups excluding carboxylic acids is 1. The van der Waals surface area contributed by atoms with Gasteiger partial charge >= 0.3 is 0 Å². The summed E-state index contributed by atoms with van der Waals surface area (Å²) in [5, 5.41) is 13.5. The van der Waals surface area contributed by atoms with Crippen LogP contribution in [0.2, 0.25) is 0 Å². The van der Waals surface area contributed by atoms with Crippen LogP contribution in [-0.4, -0.2) is 26.8 Å². The Hall–Kier alpha value is -2.98. The first-order valence-corrected chi connectivity index (χ1v) is 11.7. The van der Waals surface area contributed by atoms with Gasteiger partial charge in [-0.15, -0.1) is 0 Å². The van der Waals surface area contributed by atoms with Crippen molar-refractivity contribution in [3.63, 3.8) is 0 Å². The highest BCUT2D eigenvalue weighted by Crippen LogP contribution is 2.29. The molecule has 1 aliphatic rings. The predicted molar refractivity (Wildman–Crippen MR) is 120 cm³/mol. The van der Waals surface area contributed by atoms with Gasteiger partial charge in [0, 0.05) is 0 Å². The highest BCUT2D eigenvalue weighted by Gasteiger charge is 2.32. The number of nitriles is 1. The molecule has 2 heterocycles. The summed E-state index contributed by atoms with van der Waals surface area (Å²) in [4.78, 5) is 17.3. The van der Waals surface area contributed by atoms with Crippen LogP contribution in [0.1, 0.15) is 44.3 Å². The van der Waals surface area contributed by atoms with E-state index in [1.165, 1.54) is 11.8 Å². The van der Waals surface area contributed by atoms with Crippen LogP contribution in [-0.2, 0) is 11.3 Å². The fraction of sp³-hybridized carbons (Fsp3) is 0.375. The van der Waals surface area contributed by atoms with Gasteiger partial charge in [0.15, 0.2) is 5.16 Å². The third-order valence-electron chi connectivity index (χ3n) is 5.66. The number of aromatic nitrogens is 2. The Labute approximate surface area is 186 Å². The monoisotopic (exact) mass is 434 g/mol. The molecule has 7 heteroatoms. The quantitative estimate of drug-likeness (QED) is 0.417. The number of amides is 1. The van der Waals surface area contributed by atoms with Gasteiger partial charge in [0.25, 0.3) is 0 Å². The fourth-order valence-electron chi connectivity index (χ4n) is 4.05. The SMILES string of the molecule is N#CC1(NC(=O)CSc2ncc(-c3ccccc3)n2Cc2ccco2)CCCCCC1. The lowest BCUT2D eigenvalue weighted by molar-refractivity contribution is -0.120. The molecule has 160 valence electrons. The summed E-state index contributed by atoms with van der Waals surface area (Å²) < 4.78 is 7.61. The molecule has 1 N–H and O–H groups in total. The van der Waals surface area contributed by atoms with Crippen LogP contribution < -0.4 is 5.32 Å². The third kappa shape index (κ3) is 5.20. The summed E-state index contributed by atoms with van der Waals surface area (Å²) in [6.07, 6.45) is 9.16. The van der Waals surface area contributed by atoms with E-state index in [-0.39, 0.29) is 11.7 Å². The zero-order valence-electron chi connectivity index (χ0n) is 17.4. The molecule has 0 unspecified atom stereocenters. The molecular weight excluding hydrogens is 408 g/mol. The van der Waals surface area contributed by atoms with E-state index in [1.807, 2.05) is 48.7 Å². The molecule has 6 nitrogen and oxygen atoms in total. The average molecular weight is 435 g/mol. The van der Waals surface area contributed by atoms with Crippen LogP contribution in [0.4, 0.5) is 0 Å². The molecule has 0 aliphatic heterocycles. The summed E-state index contributed by atoms with van der Waals surface area (Å²) in [5.74, 6) is 0.915. The van der Waals surface area contributed by atoms with E-state index in [0.29, 0.717) is 6.54 Å². The van der Waals surface area contributed by atoms with Crippen LogP contribution in [0.5, 0.6) is 0 Å². The van der Waals surface area contributed by atoms with Crippen molar-refractivity contribution in [2.45, 2.75) is 55.8 Å². The summed E-state index contributed by atoms with van der Waals surface area (Å²) >= 11 is 1.38. The van der Waals surface area contributed by atoms with E-state index in [1.54, 1.807) is 6.26 Å². The maximum Gasteiger partial charge on any atom is 0.231 e. The fourth-order valence-corrected chi connectivity index (χ4v) is 4.83. The number of imidazole rings is 1. The van der Waals surface area contributed by atoms with Gasteiger partial charge in [-0.05, 0) is 30.5 Å². The highest BCUT2D eigenvalue weighted by atomic mass is 32.2. The molecule has 3 aromatic rings. The minimum Gasteiger partial charge on any atom is -0.467 e. The van der Waals surface area contributed by atoms with Gasteiger partial charge in [0.2, 0.25) is 5.91 Å². The van der Waals surface area contributed by atoms with Gasteiger partial charge < -0.3 is 14.3 Å². The van der Waals surface area contributed by atoms with Crippen molar-refractivity contribution in [1.82, 2.24) is 14.9 Å². The van der Waals surface area contributed by atoms with E-state index in [9.17, 15) is 10.1 Å². The molecular formula is C24H26N4O2S. The van der Waals surface area contributed by atoms with Crippen molar-refractivity contribution in [2.75, 3.05) is 5.75 Å². The second-order valence-electron chi connectivity index (χ2n) is 7.90. The van der Waals surface area contributed by atoms with Crippen LogP contribution in [0.15, 0.2) is 64.5 Å². The molecule has 4 rings (SSSR count). The lowest BCUT2D eigenvalue weighted by Crippen LogP contribution is -2.47. The average Bonchev–Trinajstić information content (AvgIpc) is 3.39. The Morgan fingerprint density at radius 2 is 1.94 bits per heavy atom. The lowest BCUT2D eigenvalue weighted by Gasteiger charge is -2.26. The first kappa shape index (κ1) is 21.3. The molecule has 0 atom stereocenters. The number of hydrogen-bond donors (Lipinski definition) is 1. The number of nitrogens with one attached hydrogen (secondary N) is 1. The summed E-state index contributed by atoms with van der Waals surface area (Å²) in [6.45, 7) is 0.531. The maximum atomic E-state index is 12.7. The van der Waals surface area contributed by atoms with Crippen molar-refractivity contribution >= 4 is 17.7 Å². The second kappa shape index (κ2) is 9.88. The van der Waals surface area contributed by atoms with Crippen LogP contribution in [0.25, 0.3) is 11.3 Å². The molecule has 2 aromatic heterocycles. The standard InChI is InChI=1S/C24H26N4O2S/c25-18-24(12-6-1-2-7-13-24)27-22(29)17-31-23-26-15-21(19-9-4-3-5-10-19)28(23)16-20-11-8-14-30-20/h3-5,8-11,14-15H,1-2,6-7,12-13,16-17H2,(H,27,29). The topological polar surface area (TPSA) is 83.9 Å². The number of nitrogens with zero attached hydrogens (tertiary/aromatic N) is 3. The number of rotatable bonds is 7. The van der Waals surface area contributed by atoms with E-state index < -0.39 is 5.54 Å². The minimum absolute atomic E-state index is 0.123. The Bertz CT molecular complexity index is 1030. The number of furan rings is 1. The smallest absolute Gasteiger partial charge is 0.231 e. The van der Waals surface area contributed by atoms with Crippen molar-refractivity contribution in [2.24, 2.45) is 0 Å². The molecule has 1 fully saturated rings. The molecule has 0 radical (unpaired) electrons. The zero-order chi connectivity index (χ0) is 21.5. The summed E-state index contributed by atoms with van der Waals surface area (Å²) in [7, 11) is 0. The van der Waals surface area contributed by atoms with Crippen molar-refractivity contribution in [1.29, 1.82) is 5.26 Å². The zero-order valence-corrected chi connectivity index (χ0v) is 18.2. The number of thioether (sulfide) groups is 1. The Morgan fingerprint density at radius 1 is 1.16 bits per heavy atom. The first-order valence-electron chi connectivity index (χ1n) is 10.7. The van der Waals surface area contributed by atoms with E-state index in [2.05, 4.69) is 20.9 Å². The third-order valence-corrected chi connectivity index (χ3v) is 6.66. The molecule has 1 aromatic carbocycles. The van der Waals surface area contributed by atoms with E-state index in [0.717, 1.165) is 60.7 Å². The Kier molecular flexibility index (Phi) is 6.78. The number of hydrogen-bond acceptors (Lipinski definition) is 5. The maximum absolute atomic E-state index is 12.7. The predicted octanol–water partition coefficient (Wildman–Crippen LogP) is 5.02. The largest absolute Gasteiger partial charge is 0.467 e. The van der Waals surface area contributed by atoms with Crippen molar-refractivity contribution in [3.05, 3.63) is 60.7 Å². The van der Waals surface area contributed by atoms with Crippen LogP contribution >= 0.6 is 11.8 Å². The number of benzene rings is 1. The van der Waals surface area contributed by atoms with Crippen LogP contribution in [0, 0.1) is 11.3 Å². The summed E-state index contributed by atoms with van der Waals surface area (Å²) in [6, 6.07) is 16.2. The van der Waals surface area contributed by atoms with Gasteiger partial charge in [0.05, 0.1) is 36.5 Å². The molecule has 0 spiro atoms. The van der Waals surface area contributed by atoms with Crippen molar-refractivity contribution in [3.8, 4) is 17.3 Å². The molecule has 0 bridgehead atoms. The first-order chi connectivity index (χ1) is 15.2. The van der Waals surface area contributed by atoms with Gasteiger partial charge in [-0.1, -0.05) is 67.8 Å². The van der Waals surface area contributed by atoms with Gasteiger partial charge in [-0.3, -0.25) is 4.79 Å². The number of carbonyl (C=O) groups is 1. The minimum atomic E-state index is -0.729. The van der Waals surface area contributed by atoms with Crippen LogP contribution in [0.3, 0.4) is 0 Å². The lowest BCUT2D eigenvalue weighted by atomic mass is 9.92. The normalized spacial score (nSPS) is 15.7. The second-order valence-corrected chi connectivity index (χ2v) is 8.85. The molecule has 1 aliphatic carbocycles. The molecule has 1 amide bonds. The van der Waals surface area contributed by atoms with Gasteiger partial charge in [-0.25, -0.2) is 4.98 Å². The Balaban J connectivity index is 1.49. The molecule has 31 heavy (non-hydrogen) atoms. The molecule has 1 saturated carbocycles. The van der Waals surface area contributed by atoms with E-state index >= 15 is 0 Å². The summed E-state index contributed by atoms with van der Waals surface area (Å²) in [5.41, 5.74) is 1.30. The van der Waals surface area contributed by atoms with Gasteiger partial charge in [-0.2, -0.15) is 5.26 Å².